The maximum atomic E-state index is 10.4. The van der Waals surface area contributed by atoms with E-state index in [0.29, 0.717) is 17.2 Å². The first-order valence-corrected chi connectivity index (χ1v) is 4.52. The zero-order valence-electron chi connectivity index (χ0n) is 6.80. The van der Waals surface area contributed by atoms with E-state index in [9.17, 15) is 4.79 Å². The fourth-order valence-corrected chi connectivity index (χ4v) is 1.25. The largest absolute Gasteiger partial charge is 0.488 e. The Morgan fingerprint density at radius 2 is 2.38 bits per heavy atom. The van der Waals surface area contributed by atoms with Crippen LogP contribution in [0.3, 0.4) is 0 Å². The number of nitrogens with two attached hydrogens (primary N) is 1. The van der Waals surface area contributed by atoms with Crippen molar-refractivity contribution in [3.05, 3.63) is 22.9 Å². The highest BCUT2D eigenvalue weighted by Gasteiger charge is 2.16. The van der Waals surface area contributed by atoms with E-state index in [1.165, 1.54) is 0 Å². The molecule has 0 saturated carbocycles. The van der Waals surface area contributed by atoms with Gasteiger partial charge in [0, 0.05) is 11.5 Å². The van der Waals surface area contributed by atoms with Crippen molar-refractivity contribution in [1.29, 1.82) is 0 Å². The zero-order chi connectivity index (χ0) is 9.84. The molecule has 1 amide bonds. The van der Waals surface area contributed by atoms with Gasteiger partial charge < -0.3 is 10.5 Å². The Kier molecular flexibility index (Phi) is 3.63. The Bertz CT molecular complexity index is 273. The Balaban J connectivity index is 2.49. The number of carbonyl (C=O) groups is 1. The van der Waals surface area contributed by atoms with Crippen LogP contribution in [0.25, 0.3) is 0 Å². The molecule has 0 aromatic rings. The van der Waals surface area contributed by atoms with E-state index in [0.717, 1.165) is 0 Å². The Hall–Kier alpha value is -0.670. The highest BCUT2D eigenvalue weighted by atomic mass is 35.5. The third kappa shape index (κ3) is 3.28. The summed E-state index contributed by atoms with van der Waals surface area (Å²) < 4.78 is 5.06. The van der Waals surface area contributed by atoms with Crippen LogP contribution in [0.1, 0.15) is 6.42 Å². The second-order valence-corrected chi connectivity index (χ2v) is 3.57. The molecule has 0 fully saturated rings. The molecule has 0 aromatic carbocycles. The maximum Gasteiger partial charge on any atom is 0.255 e. The van der Waals surface area contributed by atoms with Gasteiger partial charge >= 0.3 is 0 Å². The average Bonchev–Trinajstić information content (AvgIpc) is 2.07. The first-order valence-electron chi connectivity index (χ1n) is 3.71. The van der Waals surface area contributed by atoms with Gasteiger partial charge in [-0.2, -0.15) is 0 Å². The monoisotopic (exact) mass is 221 g/mol. The maximum absolute atomic E-state index is 10.4. The number of amides is 1. The summed E-state index contributed by atoms with van der Waals surface area (Å²) in [5, 5.41) is 0.308. The normalized spacial score (nSPS) is 21.8. The summed E-state index contributed by atoms with van der Waals surface area (Å²) in [4.78, 5) is 10.4. The van der Waals surface area contributed by atoms with Gasteiger partial charge in [-0.3, -0.25) is 4.79 Å². The third-order valence-corrected chi connectivity index (χ3v) is 2.40. The van der Waals surface area contributed by atoms with Crippen LogP contribution in [0.15, 0.2) is 22.9 Å². The minimum atomic E-state index is -0.507. The molecule has 3 nitrogen and oxygen atoms in total. The fourth-order valence-electron chi connectivity index (χ4n) is 0.890. The molecule has 1 unspecified atom stereocenters. The molecule has 2 N–H and O–H groups in total. The van der Waals surface area contributed by atoms with Gasteiger partial charge in [0.05, 0.1) is 11.1 Å². The lowest BCUT2D eigenvalue weighted by molar-refractivity contribution is -0.121. The van der Waals surface area contributed by atoms with Crippen molar-refractivity contribution in [1.82, 2.24) is 0 Å². The van der Waals surface area contributed by atoms with Crippen molar-refractivity contribution >= 4 is 29.1 Å². The van der Waals surface area contributed by atoms with E-state index >= 15 is 0 Å². The van der Waals surface area contributed by atoms with Gasteiger partial charge in [-0.25, -0.2) is 0 Å². The van der Waals surface area contributed by atoms with Crippen LogP contribution in [0.4, 0.5) is 0 Å². The fraction of sp³-hybridized carbons (Fsp3) is 0.375. The number of primary amides is 1. The molecule has 0 bridgehead atoms. The number of halogens is 2. The van der Waals surface area contributed by atoms with E-state index in [-0.39, 0.29) is 12.0 Å². The average molecular weight is 222 g/mol. The molecule has 1 atom stereocenters. The third-order valence-electron chi connectivity index (χ3n) is 1.51. The summed E-state index contributed by atoms with van der Waals surface area (Å²) in [6.45, 7) is -0.124. The van der Waals surface area contributed by atoms with Gasteiger partial charge in [0.15, 0.2) is 6.61 Å². The van der Waals surface area contributed by atoms with Crippen molar-refractivity contribution in [2.75, 3.05) is 6.61 Å². The van der Waals surface area contributed by atoms with E-state index in [1.807, 2.05) is 0 Å². The van der Waals surface area contributed by atoms with Crippen LogP contribution in [-0.2, 0) is 9.53 Å². The minimum absolute atomic E-state index is 0.124. The molecule has 0 radical (unpaired) electrons. The van der Waals surface area contributed by atoms with Gasteiger partial charge in [-0.05, 0) is 12.2 Å². The summed E-state index contributed by atoms with van der Waals surface area (Å²) in [6.07, 6.45) is 3.83. The molecular weight excluding hydrogens is 213 g/mol. The van der Waals surface area contributed by atoms with E-state index in [1.54, 1.807) is 12.2 Å². The highest BCUT2D eigenvalue weighted by Crippen LogP contribution is 2.26. The van der Waals surface area contributed by atoms with Crippen LogP contribution in [0.2, 0.25) is 0 Å². The Labute approximate surface area is 86.1 Å². The lowest BCUT2D eigenvalue weighted by Crippen LogP contribution is -2.19. The molecule has 72 valence electrons. The molecule has 1 aliphatic rings. The molecule has 13 heavy (non-hydrogen) atoms. The summed E-state index contributed by atoms with van der Waals surface area (Å²) >= 11 is 11.6. The van der Waals surface area contributed by atoms with Gasteiger partial charge in [0.25, 0.3) is 5.91 Å². The summed E-state index contributed by atoms with van der Waals surface area (Å²) in [5.74, 6) is 0.121. The Morgan fingerprint density at radius 1 is 1.69 bits per heavy atom. The van der Waals surface area contributed by atoms with Crippen molar-refractivity contribution in [3.63, 3.8) is 0 Å². The predicted molar refractivity (Wildman–Crippen MR) is 51.4 cm³/mol. The smallest absolute Gasteiger partial charge is 0.255 e. The standard InChI is InChI=1S/C8H9Cl2NO2/c9-6-2-1-5(3-7(6)10)13-4-8(11)12/h1-2,7H,3-4H2,(H2,11,12). The molecule has 1 rings (SSSR count). The number of rotatable bonds is 3. The van der Waals surface area contributed by atoms with Crippen LogP contribution in [0, 0.1) is 0 Å². The van der Waals surface area contributed by atoms with Crippen LogP contribution < -0.4 is 5.73 Å². The second kappa shape index (κ2) is 4.53. The number of alkyl halides is 1. The highest BCUT2D eigenvalue weighted by molar-refractivity contribution is 6.37. The summed E-state index contributed by atoms with van der Waals surface area (Å²) in [5.41, 5.74) is 4.91. The van der Waals surface area contributed by atoms with Crippen molar-refractivity contribution in [2.24, 2.45) is 5.73 Å². The lowest BCUT2D eigenvalue weighted by atomic mass is 10.1. The zero-order valence-corrected chi connectivity index (χ0v) is 8.31. The topological polar surface area (TPSA) is 52.3 Å². The van der Waals surface area contributed by atoms with E-state index in [2.05, 4.69) is 0 Å². The molecule has 0 saturated heterocycles. The van der Waals surface area contributed by atoms with Crippen molar-refractivity contribution in [3.8, 4) is 0 Å². The first-order chi connectivity index (χ1) is 6.09. The molecule has 0 aromatic heterocycles. The molecule has 1 aliphatic carbocycles. The lowest BCUT2D eigenvalue weighted by Gasteiger charge is -2.15. The molecule has 0 spiro atoms. The van der Waals surface area contributed by atoms with Crippen LogP contribution in [-0.4, -0.2) is 17.9 Å². The van der Waals surface area contributed by atoms with E-state index in [4.69, 9.17) is 33.7 Å². The Morgan fingerprint density at radius 3 is 2.92 bits per heavy atom. The summed E-state index contributed by atoms with van der Waals surface area (Å²) in [6, 6.07) is 0. The van der Waals surface area contributed by atoms with Crippen molar-refractivity contribution < 1.29 is 9.53 Å². The van der Waals surface area contributed by atoms with E-state index < -0.39 is 5.91 Å². The molecule has 0 aliphatic heterocycles. The van der Waals surface area contributed by atoms with Gasteiger partial charge in [-0.1, -0.05) is 11.6 Å². The molecular formula is C8H9Cl2NO2. The predicted octanol–water partition coefficient (Wildman–Crippen LogP) is 1.51. The van der Waals surface area contributed by atoms with Gasteiger partial charge in [0.1, 0.15) is 0 Å². The van der Waals surface area contributed by atoms with Gasteiger partial charge in [0.2, 0.25) is 0 Å². The van der Waals surface area contributed by atoms with Crippen LogP contribution in [0.5, 0.6) is 0 Å². The van der Waals surface area contributed by atoms with Crippen molar-refractivity contribution in [2.45, 2.75) is 11.8 Å². The number of allylic oxidation sites excluding steroid dienone is 4. The molecule has 0 heterocycles. The number of hydrogen-bond donors (Lipinski definition) is 1. The second-order valence-electron chi connectivity index (χ2n) is 2.61. The number of hydrogen-bond acceptors (Lipinski definition) is 2. The SMILES string of the molecule is NC(=O)COC1=CC=C(Cl)C(Cl)C1. The molecule has 5 heteroatoms. The quantitative estimate of drug-likeness (QED) is 0.735. The number of carbonyl (C=O) groups excluding carboxylic acids is 1. The van der Waals surface area contributed by atoms with Gasteiger partial charge in [-0.15, -0.1) is 11.6 Å². The first kappa shape index (κ1) is 10.4. The number of ether oxygens (including phenoxy) is 1. The summed E-state index contributed by atoms with van der Waals surface area (Å²) in [7, 11) is 0. The minimum Gasteiger partial charge on any atom is -0.488 e. The van der Waals surface area contributed by atoms with Crippen LogP contribution >= 0.6 is 23.2 Å².